The van der Waals surface area contributed by atoms with Crippen molar-refractivity contribution in [3.05, 3.63) is 75.2 Å². The minimum Gasteiger partial charge on any atom is -0.373 e. The smallest absolute Gasteiger partial charge is 0.0966 e. The first kappa shape index (κ1) is 15.7. The van der Waals surface area contributed by atoms with E-state index in [4.69, 9.17) is 40.1 Å². The highest BCUT2D eigenvalue weighted by Gasteiger charge is 2.18. The molecule has 2 aromatic carbocycles. The van der Waals surface area contributed by atoms with Crippen LogP contribution < -0.4 is 5.32 Å². The predicted molar refractivity (Wildman–Crippen MR) is 89.0 cm³/mol. The van der Waals surface area contributed by atoms with Gasteiger partial charge in [-0.3, -0.25) is 0 Å². The predicted octanol–water partition coefficient (Wildman–Crippen LogP) is 5.88. The van der Waals surface area contributed by atoms with E-state index in [1.165, 1.54) is 0 Å². The molecule has 0 heterocycles. The number of hydrogen-bond donors (Lipinski definition) is 1. The van der Waals surface area contributed by atoms with Gasteiger partial charge in [0.05, 0.1) is 12.1 Å². The van der Waals surface area contributed by atoms with Crippen molar-refractivity contribution in [2.75, 3.05) is 5.32 Å². The Kier molecular flexibility index (Phi) is 5.14. The molecule has 106 valence electrons. The van der Waals surface area contributed by atoms with E-state index in [9.17, 15) is 0 Å². The Morgan fingerprint density at radius 1 is 1.05 bits per heavy atom. The molecular formula is C16H11Cl3N2. The Hall–Kier alpha value is -1.66. The summed E-state index contributed by atoms with van der Waals surface area (Å²) < 4.78 is 0. The molecule has 2 aromatic rings. The van der Waals surface area contributed by atoms with Crippen molar-refractivity contribution in [2.45, 2.75) is 6.04 Å². The lowest BCUT2D eigenvalue weighted by molar-refractivity contribution is 0.947. The Bertz CT molecular complexity index is 702. The van der Waals surface area contributed by atoms with Crippen LogP contribution in [0.2, 0.25) is 15.1 Å². The number of benzene rings is 2. The largest absolute Gasteiger partial charge is 0.373 e. The maximum Gasteiger partial charge on any atom is 0.0966 e. The van der Waals surface area contributed by atoms with E-state index in [1.807, 2.05) is 12.1 Å². The van der Waals surface area contributed by atoms with Crippen LogP contribution in [0.5, 0.6) is 0 Å². The molecule has 1 unspecified atom stereocenters. The van der Waals surface area contributed by atoms with Gasteiger partial charge in [0, 0.05) is 26.3 Å². The van der Waals surface area contributed by atoms with Crippen molar-refractivity contribution in [1.82, 2.24) is 0 Å². The Balaban J connectivity index is 2.37. The second kappa shape index (κ2) is 6.87. The first-order valence-electron chi connectivity index (χ1n) is 6.07. The van der Waals surface area contributed by atoms with Gasteiger partial charge in [-0.1, -0.05) is 47.4 Å². The highest BCUT2D eigenvalue weighted by atomic mass is 35.5. The molecule has 0 aliphatic heterocycles. The normalized spacial score (nSPS) is 11.5. The fourth-order valence-corrected chi connectivity index (χ4v) is 2.51. The van der Waals surface area contributed by atoms with Crippen LogP contribution >= 0.6 is 34.8 Å². The quantitative estimate of drug-likeness (QED) is 0.707. The summed E-state index contributed by atoms with van der Waals surface area (Å²) in [5.41, 5.74) is 1.91. The monoisotopic (exact) mass is 336 g/mol. The van der Waals surface area contributed by atoms with Crippen LogP contribution in [0.4, 0.5) is 5.69 Å². The van der Waals surface area contributed by atoms with Crippen molar-refractivity contribution < 1.29 is 0 Å². The van der Waals surface area contributed by atoms with Gasteiger partial charge in [0.2, 0.25) is 0 Å². The third-order valence-electron chi connectivity index (χ3n) is 2.92. The number of nitrogens with zero attached hydrogens (tertiary/aromatic N) is 1. The standard InChI is InChI=1S/C16H11Cl3N2/c1-10(9-20)16(14-7-4-12(18)8-15(14)19)21-13-5-2-11(17)3-6-13/h2-8,16,21H,1H2. The first-order chi connectivity index (χ1) is 10.0. The number of nitrogens with one attached hydrogen (secondary N) is 1. The summed E-state index contributed by atoms with van der Waals surface area (Å²) in [6, 6.07) is 13.9. The molecule has 0 aliphatic rings. The Morgan fingerprint density at radius 3 is 2.24 bits per heavy atom. The third kappa shape index (κ3) is 3.92. The van der Waals surface area contributed by atoms with E-state index in [0.29, 0.717) is 20.6 Å². The van der Waals surface area contributed by atoms with Crippen LogP contribution in [0.1, 0.15) is 11.6 Å². The third-order valence-corrected chi connectivity index (χ3v) is 3.74. The molecule has 1 atom stereocenters. The number of nitriles is 1. The lowest BCUT2D eigenvalue weighted by atomic mass is 10.00. The lowest BCUT2D eigenvalue weighted by Crippen LogP contribution is -2.12. The van der Waals surface area contributed by atoms with Gasteiger partial charge in [0.15, 0.2) is 0 Å². The van der Waals surface area contributed by atoms with Crippen LogP contribution in [0.25, 0.3) is 0 Å². The molecule has 2 nitrogen and oxygen atoms in total. The number of anilines is 1. The molecule has 5 heteroatoms. The van der Waals surface area contributed by atoms with Gasteiger partial charge in [0.1, 0.15) is 0 Å². The molecule has 0 aromatic heterocycles. The summed E-state index contributed by atoms with van der Waals surface area (Å²) in [6.07, 6.45) is 0. The van der Waals surface area contributed by atoms with E-state index in [2.05, 4.69) is 18.0 Å². The zero-order valence-corrected chi connectivity index (χ0v) is 13.2. The van der Waals surface area contributed by atoms with Gasteiger partial charge >= 0.3 is 0 Å². The van der Waals surface area contributed by atoms with Crippen LogP contribution in [0.3, 0.4) is 0 Å². The van der Waals surface area contributed by atoms with Gasteiger partial charge in [-0.15, -0.1) is 0 Å². The average Bonchev–Trinajstić information content (AvgIpc) is 2.47. The van der Waals surface area contributed by atoms with Crippen LogP contribution in [0.15, 0.2) is 54.6 Å². The molecule has 1 N–H and O–H groups in total. The highest BCUT2D eigenvalue weighted by Crippen LogP contribution is 2.32. The minimum absolute atomic E-state index is 0.356. The molecule has 0 aliphatic carbocycles. The Labute approximate surface area is 138 Å². The van der Waals surface area contributed by atoms with Crippen LogP contribution in [0, 0.1) is 11.3 Å². The molecule has 0 saturated carbocycles. The van der Waals surface area contributed by atoms with Gasteiger partial charge in [-0.25, -0.2) is 0 Å². The molecule has 0 spiro atoms. The fraction of sp³-hybridized carbons (Fsp3) is 0.0625. The van der Waals surface area contributed by atoms with Gasteiger partial charge < -0.3 is 5.32 Å². The molecule has 21 heavy (non-hydrogen) atoms. The highest BCUT2D eigenvalue weighted by molar-refractivity contribution is 6.35. The number of rotatable bonds is 4. The van der Waals surface area contributed by atoms with E-state index in [1.54, 1.807) is 30.3 Å². The van der Waals surface area contributed by atoms with E-state index >= 15 is 0 Å². The average molecular weight is 338 g/mol. The topological polar surface area (TPSA) is 35.8 Å². The molecule has 0 amide bonds. The molecular weight excluding hydrogens is 327 g/mol. The van der Waals surface area contributed by atoms with Crippen LogP contribution in [-0.4, -0.2) is 0 Å². The van der Waals surface area contributed by atoms with Crippen molar-refractivity contribution in [2.24, 2.45) is 0 Å². The fourth-order valence-electron chi connectivity index (χ4n) is 1.87. The number of halogens is 3. The molecule has 0 bridgehead atoms. The van der Waals surface area contributed by atoms with E-state index < -0.39 is 6.04 Å². The van der Waals surface area contributed by atoms with Gasteiger partial charge in [-0.05, 0) is 42.0 Å². The van der Waals surface area contributed by atoms with Crippen molar-refractivity contribution in [3.63, 3.8) is 0 Å². The summed E-state index contributed by atoms with van der Waals surface area (Å²) in [6.45, 7) is 3.79. The van der Waals surface area contributed by atoms with Crippen LogP contribution in [-0.2, 0) is 0 Å². The number of hydrogen-bond acceptors (Lipinski definition) is 2. The van der Waals surface area contributed by atoms with Gasteiger partial charge in [-0.2, -0.15) is 5.26 Å². The van der Waals surface area contributed by atoms with Gasteiger partial charge in [0.25, 0.3) is 0 Å². The summed E-state index contributed by atoms with van der Waals surface area (Å²) in [5, 5.41) is 14.0. The molecule has 0 fully saturated rings. The van der Waals surface area contributed by atoms with E-state index in [-0.39, 0.29) is 0 Å². The lowest BCUT2D eigenvalue weighted by Gasteiger charge is -2.20. The zero-order valence-electron chi connectivity index (χ0n) is 10.9. The Morgan fingerprint density at radius 2 is 1.67 bits per heavy atom. The second-order valence-corrected chi connectivity index (χ2v) is 5.67. The second-order valence-electron chi connectivity index (χ2n) is 4.39. The van der Waals surface area contributed by atoms with E-state index in [0.717, 1.165) is 11.3 Å². The maximum atomic E-state index is 9.15. The molecule has 2 rings (SSSR count). The summed E-state index contributed by atoms with van der Waals surface area (Å²) in [4.78, 5) is 0. The molecule has 0 radical (unpaired) electrons. The van der Waals surface area contributed by atoms with Crippen molar-refractivity contribution in [1.29, 1.82) is 5.26 Å². The van der Waals surface area contributed by atoms with Crippen molar-refractivity contribution in [3.8, 4) is 6.07 Å². The summed E-state index contributed by atoms with van der Waals surface area (Å²) in [5.74, 6) is 0. The first-order valence-corrected chi connectivity index (χ1v) is 7.20. The minimum atomic E-state index is -0.430. The summed E-state index contributed by atoms with van der Waals surface area (Å²) >= 11 is 18.0. The molecule has 0 saturated heterocycles. The maximum absolute atomic E-state index is 9.15. The van der Waals surface area contributed by atoms with Crippen molar-refractivity contribution >= 4 is 40.5 Å². The summed E-state index contributed by atoms with van der Waals surface area (Å²) in [7, 11) is 0. The SMILES string of the molecule is C=C(C#N)C(Nc1ccc(Cl)cc1)c1ccc(Cl)cc1Cl. The zero-order chi connectivity index (χ0) is 15.4.